The number of rotatable bonds is 9. The zero-order chi connectivity index (χ0) is 21.5. The lowest BCUT2D eigenvalue weighted by atomic mass is 10.1. The number of ether oxygens (including phenoxy) is 2. The predicted molar refractivity (Wildman–Crippen MR) is 121 cm³/mol. The first-order chi connectivity index (χ1) is 14.5. The number of aromatic nitrogens is 2. The lowest BCUT2D eigenvalue weighted by Gasteiger charge is -2.09. The maximum absolute atomic E-state index is 12.2. The first-order valence-electron chi connectivity index (χ1n) is 9.09. The molecule has 0 aliphatic rings. The fourth-order valence-electron chi connectivity index (χ4n) is 2.76. The maximum atomic E-state index is 12.2. The van der Waals surface area contributed by atoms with E-state index < -0.39 is 0 Å². The molecule has 0 unspecified atom stereocenters. The average molecular weight is 466 g/mol. The summed E-state index contributed by atoms with van der Waals surface area (Å²) in [4.78, 5) is 13.0. The van der Waals surface area contributed by atoms with Crippen molar-refractivity contribution in [3.63, 3.8) is 0 Å². The monoisotopic (exact) mass is 465 g/mol. The van der Waals surface area contributed by atoms with E-state index in [4.69, 9.17) is 32.7 Å². The number of nitrogens with one attached hydrogen (secondary N) is 1. The first kappa shape index (κ1) is 22.3. The molecule has 0 spiro atoms. The Morgan fingerprint density at radius 1 is 1.13 bits per heavy atom. The molecular weight excluding hydrogens is 445 g/mol. The van der Waals surface area contributed by atoms with E-state index in [1.54, 1.807) is 49.5 Å². The van der Waals surface area contributed by atoms with Crippen LogP contribution in [0.25, 0.3) is 0 Å². The van der Waals surface area contributed by atoms with E-state index in [2.05, 4.69) is 10.4 Å². The Morgan fingerprint density at radius 3 is 2.67 bits per heavy atom. The Labute approximate surface area is 189 Å². The van der Waals surface area contributed by atoms with Crippen molar-refractivity contribution in [1.82, 2.24) is 9.78 Å². The van der Waals surface area contributed by atoms with Crippen molar-refractivity contribution in [3.8, 4) is 11.5 Å². The van der Waals surface area contributed by atoms with Gasteiger partial charge in [0.1, 0.15) is 0 Å². The number of carbonyl (C=O) groups is 1. The lowest BCUT2D eigenvalue weighted by molar-refractivity contribution is -0.113. The molecule has 1 heterocycles. The molecular formula is C21H21Cl2N3O3S. The highest BCUT2D eigenvalue weighted by molar-refractivity contribution is 8.00. The summed E-state index contributed by atoms with van der Waals surface area (Å²) in [6.45, 7) is 0.667. The van der Waals surface area contributed by atoms with Crippen LogP contribution in [-0.4, -0.2) is 35.7 Å². The van der Waals surface area contributed by atoms with Crippen LogP contribution < -0.4 is 14.8 Å². The molecule has 0 saturated heterocycles. The van der Waals surface area contributed by atoms with E-state index in [0.29, 0.717) is 33.8 Å². The molecule has 2 aromatic carbocycles. The van der Waals surface area contributed by atoms with Gasteiger partial charge in [-0.15, -0.1) is 11.8 Å². The van der Waals surface area contributed by atoms with Gasteiger partial charge in [0.2, 0.25) is 5.91 Å². The van der Waals surface area contributed by atoms with Crippen molar-refractivity contribution in [2.45, 2.75) is 17.9 Å². The highest BCUT2D eigenvalue weighted by Gasteiger charge is 2.09. The maximum Gasteiger partial charge on any atom is 0.234 e. The average Bonchev–Trinajstić information content (AvgIpc) is 3.18. The van der Waals surface area contributed by atoms with Crippen LogP contribution in [0.1, 0.15) is 5.56 Å². The van der Waals surface area contributed by atoms with Gasteiger partial charge in [-0.3, -0.25) is 9.48 Å². The number of aryl methyl sites for hydroxylation is 2. The highest BCUT2D eigenvalue weighted by atomic mass is 35.5. The molecule has 0 aliphatic heterocycles. The molecule has 3 aromatic rings. The quantitative estimate of drug-likeness (QED) is 0.441. The second-order valence-corrected chi connectivity index (χ2v) is 8.20. The van der Waals surface area contributed by atoms with Crippen molar-refractivity contribution in [1.29, 1.82) is 0 Å². The SMILES string of the molecule is COc1ccc(CCn2cc(NC(=O)CSc3ccc(Cl)cc3Cl)cn2)cc1OC. The second-order valence-electron chi connectivity index (χ2n) is 6.34. The standard InChI is InChI=1S/C21H21Cl2N3O3S/c1-28-18-5-3-14(9-19(18)29-2)7-8-26-12-16(11-24-26)25-21(27)13-30-20-6-4-15(22)10-17(20)23/h3-6,9-12H,7-8,13H2,1-2H3,(H,25,27). The summed E-state index contributed by atoms with van der Waals surface area (Å²) in [6.07, 6.45) is 4.20. The van der Waals surface area contributed by atoms with Crippen molar-refractivity contribution in [2.24, 2.45) is 0 Å². The zero-order valence-corrected chi connectivity index (χ0v) is 18.9. The molecule has 0 aliphatic carbocycles. The fraction of sp³-hybridized carbons (Fsp3) is 0.238. The molecule has 158 valence electrons. The summed E-state index contributed by atoms with van der Waals surface area (Å²) in [6, 6.07) is 11.0. The summed E-state index contributed by atoms with van der Waals surface area (Å²) in [5.41, 5.74) is 1.75. The molecule has 1 aromatic heterocycles. The van der Waals surface area contributed by atoms with E-state index in [1.807, 2.05) is 18.2 Å². The van der Waals surface area contributed by atoms with Crippen molar-refractivity contribution in [3.05, 3.63) is 64.4 Å². The lowest BCUT2D eigenvalue weighted by Crippen LogP contribution is -2.13. The Kier molecular flexibility index (Phi) is 7.90. The Bertz CT molecular complexity index is 1030. The van der Waals surface area contributed by atoms with Crippen molar-refractivity contribution < 1.29 is 14.3 Å². The van der Waals surface area contributed by atoms with Crippen LogP contribution in [0.5, 0.6) is 11.5 Å². The number of carbonyl (C=O) groups excluding carboxylic acids is 1. The van der Waals surface area contributed by atoms with Gasteiger partial charge in [0.25, 0.3) is 0 Å². The summed E-state index contributed by atoms with van der Waals surface area (Å²) in [5.74, 6) is 1.49. The van der Waals surface area contributed by atoms with E-state index in [-0.39, 0.29) is 11.7 Å². The van der Waals surface area contributed by atoms with Gasteiger partial charge in [-0.05, 0) is 42.3 Å². The van der Waals surface area contributed by atoms with Gasteiger partial charge in [0.05, 0.1) is 36.9 Å². The molecule has 0 fully saturated rings. The molecule has 0 radical (unpaired) electrons. The van der Waals surface area contributed by atoms with Crippen molar-refractivity contribution in [2.75, 3.05) is 25.3 Å². The molecule has 0 saturated carbocycles. The molecule has 1 N–H and O–H groups in total. The van der Waals surface area contributed by atoms with E-state index in [1.165, 1.54) is 11.8 Å². The summed E-state index contributed by atoms with van der Waals surface area (Å²) >= 11 is 13.4. The third-order valence-electron chi connectivity index (χ3n) is 4.25. The molecule has 3 rings (SSSR count). The van der Waals surface area contributed by atoms with Gasteiger partial charge >= 0.3 is 0 Å². The third kappa shape index (κ3) is 6.08. The minimum Gasteiger partial charge on any atom is -0.493 e. The summed E-state index contributed by atoms with van der Waals surface area (Å²) in [7, 11) is 3.23. The molecule has 0 atom stereocenters. The van der Waals surface area contributed by atoms with Gasteiger partial charge in [0, 0.05) is 22.7 Å². The van der Waals surface area contributed by atoms with Crippen LogP contribution in [0.4, 0.5) is 5.69 Å². The minimum atomic E-state index is -0.134. The Balaban J connectivity index is 1.50. The summed E-state index contributed by atoms with van der Waals surface area (Å²) in [5, 5.41) is 8.25. The number of hydrogen-bond donors (Lipinski definition) is 1. The van der Waals surface area contributed by atoms with Crippen LogP contribution in [0.3, 0.4) is 0 Å². The second kappa shape index (κ2) is 10.6. The highest BCUT2D eigenvalue weighted by Crippen LogP contribution is 2.30. The van der Waals surface area contributed by atoms with Crippen molar-refractivity contribution >= 4 is 46.6 Å². The smallest absolute Gasteiger partial charge is 0.234 e. The number of nitrogens with zero attached hydrogens (tertiary/aromatic N) is 2. The number of halogens is 2. The molecule has 1 amide bonds. The molecule has 6 nitrogen and oxygen atoms in total. The van der Waals surface area contributed by atoms with Crippen LogP contribution in [-0.2, 0) is 17.8 Å². The normalized spacial score (nSPS) is 10.7. The number of hydrogen-bond acceptors (Lipinski definition) is 5. The van der Waals surface area contributed by atoms with E-state index >= 15 is 0 Å². The largest absolute Gasteiger partial charge is 0.493 e. The number of anilines is 1. The van der Waals surface area contributed by atoms with Crippen LogP contribution in [0.15, 0.2) is 53.7 Å². The predicted octanol–water partition coefficient (Wildman–Crippen LogP) is 5.18. The number of benzene rings is 2. The van der Waals surface area contributed by atoms with Gasteiger partial charge in [-0.2, -0.15) is 5.10 Å². The molecule has 9 heteroatoms. The number of methoxy groups -OCH3 is 2. The molecule has 30 heavy (non-hydrogen) atoms. The van der Waals surface area contributed by atoms with Gasteiger partial charge < -0.3 is 14.8 Å². The number of thioether (sulfide) groups is 1. The third-order valence-corrected chi connectivity index (χ3v) is 5.98. The van der Waals surface area contributed by atoms with Crippen LogP contribution in [0.2, 0.25) is 10.0 Å². The zero-order valence-electron chi connectivity index (χ0n) is 16.5. The minimum absolute atomic E-state index is 0.134. The Morgan fingerprint density at radius 2 is 1.93 bits per heavy atom. The van der Waals surface area contributed by atoms with Gasteiger partial charge in [-0.1, -0.05) is 29.3 Å². The van der Waals surface area contributed by atoms with Crippen LogP contribution in [0, 0.1) is 0 Å². The van der Waals surface area contributed by atoms with Gasteiger partial charge in [0.15, 0.2) is 11.5 Å². The number of amides is 1. The Hall–Kier alpha value is -2.35. The summed E-state index contributed by atoms with van der Waals surface area (Å²) < 4.78 is 12.4. The van der Waals surface area contributed by atoms with Gasteiger partial charge in [-0.25, -0.2) is 0 Å². The van der Waals surface area contributed by atoms with Crippen LogP contribution >= 0.6 is 35.0 Å². The molecule has 0 bridgehead atoms. The van der Waals surface area contributed by atoms with E-state index in [9.17, 15) is 4.79 Å². The first-order valence-corrected chi connectivity index (χ1v) is 10.8. The fourth-order valence-corrected chi connectivity index (χ4v) is 4.05. The van der Waals surface area contributed by atoms with E-state index in [0.717, 1.165) is 16.9 Å². The topological polar surface area (TPSA) is 65.4 Å².